The summed E-state index contributed by atoms with van der Waals surface area (Å²) in [5.41, 5.74) is 2.43. The molecule has 2 fully saturated rings. The molecule has 0 saturated carbocycles. The molecule has 0 unspecified atom stereocenters. The average Bonchev–Trinajstić information content (AvgIpc) is 3.10. The molecule has 0 N–H and O–H groups in total. The van der Waals surface area contributed by atoms with Crippen LogP contribution in [0.1, 0.15) is 11.1 Å². The topological polar surface area (TPSA) is 34.1 Å². The molecule has 2 aliphatic heterocycles. The second kappa shape index (κ2) is 5.92. The van der Waals surface area contributed by atoms with Crippen LogP contribution in [0.2, 0.25) is 0 Å². The summed E-state index contributed by atoms with van der Waals surface area (Å²) in [5, 5.41) is -0.654. The molecule has 0 amide bonds. The van der Waals surface area contributed by atoms with Gasteiger partial charge in [0.2, 0.25) is 0 Å². The Bertz CT molecular complexity index is 705. The van der Waals surface area contributed by atoms with E-state index in [2.05, 4.69) is 24.3 Å². The highest BCUT2D eigenvalue weighted by molar-refractivity contribution is 8.59. The van der Waals surface area contributed by atoms with Crippen LogP contribution < -0.4 is 0 Å². The zero-order valence-electron chi connectivity index (χ0n) is 11.9. The summed E-state index contributed by atoms with van der Waals surface area (Å²) in [6.07, 6.45) is 0. The van der Waals surface area contributed by atoms with Gasteiger partial charge in [-0.25, -0.2) is 0 Å². The fourth-order valence-corrected chi connectivity index (χ4v) is 10.1. The molecule has 0 radical (unpaired) electrons. The molecular formula is C17H12O2S4. The Kier molecular flexibility index (Phi) is 4.04. The Balaban J connectivity index is 1.80. The molecule has 2 heterocycles. The van der Waals surface area contributed by atoms with Crippen molar-refractivity contribution in [1.82, 2.24) is 0 Å². The minimum atomic E-state index is -0.458. The predicted molar refractivity (Wildman–Crippen MR) is 102 cm³/mol. The van der Waals surface area contributed by atoms with Crippen molar-refractivity contribution in [2.24, 2.45) is 0 Å². The third-order valence-electron chi connectivity index (χ3n) is 3.83. The van der Waals surface area contributed by atoms with Crippen LogP contribution in [0.5, 0.6) is 0 Å². The van der Waals surface area contributed by atoms with Crippen molar-refractivity contribution >= 4 is 57.3 Å². The minimum absolute atomic E-state index is 0.238. The van der Waals surface area contributed by atoms with Crippen molar-refractivity contribution in [3.8, 4) is 0 Å². The lowest BCUT2D eigenvalue weighted by atomic mass is 9.92. The number of benzene rings is 2. The highest BCUT2D eigenvalue weighted by Gasteiger charge is 2.58. The van der Waals surface area contributed by atoms with Gasteiger partial charge >= 0.3 is 0 Å². The van der Waals surface area contributed by atoms with Crippen molar-refractivity contribution in [3.63, 3.8) is 0 Å². The SMILES string of the molecule is O=C1SC2(SCC(c3ccccc3)(c3ccccc3)S2)SC1=O. The summed E-state index contributed by atoms with van der Waals surface area (Å²) in [5.74, 6) is 0.840. The third kappa shape index (κ3) is 2.65. The normalized spacial score (nSPS) is 21.9. The second-order valence-corrected chi connectivity index (χ2v) is 11.9. The van der Waals surface area contributed by atoms with E-state index in [0.717, 1.165) is 5.75 Å². The van der Waals surface area contributed by atoms with Crippen molar-refractivity contribution in [2.45, 2.75) is 7.49 Å². The zero-order valence-corrected chi connectivity index (χ0v) is 15.2. The lowest BCUT2D eigenvalue weighted by molar-refractivity contribution is -0.126. The number of thioether (sulfide) groups is 4. The fourth-order valence-electron chi connectivity index (χ4n) is 2.76. The van der Waals surface area contributed by atoms with Gasteiger partial charge in [-0.3, -0.25) is 9.59 Å². The minimum Gasteiger partial charge on any atom is -0.277 e. The first-order chi connectivity index (χ1) is 11.1. The van der Waals surface area contributed by atoms with E-state index >= 15 is 0 Å². The van der Waals surface area contributed by atoms with Crippen LogP contribution in [0.3, 0.4) is 0 Å². The van der Waals surface area contributed by atoms with E-state index in [4.69, 9.17) is 0 Å². The lowest BCUT2D eigenvalue weighted by Gasteiger charge is -2.30. The Hall–Kier alpha value is -0.820. The molecule has 0 aromatic heterocycles. The first-order valence-corrected chi connectivity index (χ1v) is 10.5. The highest BCUT2D eigenvalue weighted by atomic mass is 32.3. The largest absolute Gasteiger partial charge is 0.277 e. The van der Waals surface area contributed by atoms with Gasteiger partial charge in [0.25, 0.3) is 10.2 Å². The van der Waals surface area contributed by atoms with Crippen LogP contribution in [0, 0.1) is 0 Å². The van der Waals surface area contributed by atoms with E-state index in [1.54, 1.807) is 23.5 Å². The smallest absolute Gasteiger partial charge is 0.269 e. The molecule has 116 valence electrons. The standard InChI is InChI=1S/C17H12O2S4/c18-14-15(19)22-17(21-14)20-11-16(23-17,12-7-3-1-4-8-12)13-9-5-2-6-10-13/h1-10H,11H2. The van der Waals surface area contributed by atoms with E-state index in [-0.39, 0.29) is 15.0 Å². The number of rotatable bonds is 2. The van der Waals surface area contributed by atoms with Gasteiger partial charge in [0.15, 0.2) is 2.74 Å². The molecule has 1 spiro atoms. The Labute approximate surface area is 151 Å². The molecule has 2 aliphatic rings. The van der Waals surface area contributed by atoms with Crippen LogP contribution in [-0.2, 0) is 14.3 Å². The van der Waals surface area contributed by atoms with Gasteiger partial charge in [0, 0.05) is 5.75 Å². The van der Waals surface area contributed by atoms with Crippen LogP contribution in [-0.4, -0.2) is 18.7 Å². The molecule has 2 nitrogen and oxygen atoms in total. The summed E-state index contributed by atoms with van der Waals surface area (Å²) >= 11 is 5.78. The van der Waals surface area contributed by atoms with E-state index in [0.29, 0.717) is 0 Å². The first-order valence-electron chi connectivity index (χ1n) is 7.05. The maximum atomic E-state index is 11.8. The molecule has 0 bridgehead atoms. The van der Waals surface area contributed by atoms with Crippen LogP contribution in [0.15, 0.2) is 60.7 Å². The van der Waals surface area contributed by atoms with Gasteiger partial charge in [-0.1, -0.05) is 60.7 Å². The first kappa shape index (κ1) is 15.7. The predicted octanol–water partition coefficient (Wildman–Crippen LogP) is 4.55. The molecule has 0 aliphatic carbocycles. The third-order valence-corrected chi connectivity index (χ3v) is 10.8. The average molecular weight is 377 g/mol. The van der Waals surface area contributed by atoms with Gasteiger partial charge in [-0.2, -0.15) is 0 Å². The fraction of sp³-hybridized carbons (Fsp3) is 0.176. The molecular weight excluding hydrogens is 364 g/mol. The van der Waals surface area contributed by atoms with Gasteiger partial charge in [0.1, 0.15) is 0 Å². The van der Waals surface area contributed by atoms with Crippen LogP contribution >= 0.6 is 47.0 Å². The Morgan fingerprint density at radius 3 is 1.70 bits per heavy atom. The van der Waals surface area contributed by atoms with Crippen LogP contribution in [0.25, 0.3) is 0 Å². The maximum absolute atomic E-state index is 11.8. The van der Waals surface area contributed by atoms with E-state index in [1.807, 2.05) is 36.4 Å². The summed E-state index contributed by atoms with van der Waals surface area (Å²) in [6.45, 7) is 0. The number of carbonyl (C=O) groups is 2. The maximum Gasteiger partial charge on any atom is 0.269 e. The summed E-state index contributed by atoms with van der Waals surface area (Å²) in [4.78, 5) is 23.6. The highest BCUT2D eigenvalue weighted by Crippen LogP contribution is 2.72. The van der Waals surface area contributed by atoms with Gasteiger partial charge in [-0.15, -0.1) is 23.5 Å². The summed E-state index contributed by atoms with van der Waals surface area (Å²) in [6, 6.07) is 20.7. The zero-order chi connectivity index (χ0) is 15.9. The van der Waals surface area contributed by atoms with Crippen molar-refractivity contribution in [1.29, 1.82) is 0 Å². The molecule has 4 rings (SSSR count). The molecule has 0 atom stereocenters. The molecule has 2 aromatic rings. The number of hydrogen-bond donors (Lipinski definition) is 0. The van der Waals surface area contributed by atoms with E-state index in [9.17, 15) is 9.59 Å². The van der Waals surface area contributed by atoms with Crippen LogP contribution in [0.4, 0.5) is 0 Å². The van der Waals surface area contributed by atoms with E-state index in [1.165, 1.54) is 34.7 Å². The molecule has 2 saturated heterocycles. The number of carbonyl (C=O) groups excluding carboxylic acids is 2. The summed E-state index contributed by atoms with van der Waals surface area (Å²) < 4.78 is -0.696. The van der Waals surface area contributed by atoms with Crippen molar-refractivity contribution in [2.75, 3.05) is 5.75 Å². The quantitative estimate of drug-likeness (QED) is 0.715. The Morgan fingerprint density at radius 2 is 1.22 bits per heavy atom. The molecule has 23 heavy (non-hydrogen) atoms. The molecule has 6 heteroatoms. The monoisotopic (exact) mass is 376 g/mol. The van der Waals surface area contributed by atoms with Crippen molar-refractivity contribution in [3.05, 3.63) is 71.8 Å². The number of hydrogen-bond acceptors (Lipinski definition) is 6. The van der Waals surface area contributed by atoms with Crippen molar-refractivity contribution < 1.29 is 9.59 Å². The Morgan fingerprint density at radius 1 is 0.739 bits per heavy atom. The lowest BCUT2D eigenvalue weighted by Crippen LogP contribution is -2.24. The summed E-state index contributed by atoms with van der Waals surface area (Å²) in [7, 11) is 0. The van der Waals surface area contributed by atoms with E-state index < -0.39 is 2.74 Å². The molecule has 2 aromatic carbocycles. The second-order valence-electron chi connectivity index (χ2n) is 5.23. The van der Waals surface area contributed by atoms with Gasteiger partial charge in [-0.05, 0) is 34.7 Å². The van der Waals surface area contributed by atoms with Gasteiger partial charge < -0.3 is 0 Å². The van der Waals surface area contributed by atoms with Gasteiger partial charge in [0.05, 0.1) is 4.75 Å².